The van der Waals surface area contributed by atoms with Crippen LogP contribution in [0.1, 0.15) is 33.9 Å². The van der Waals surface area contributed by atoms with Gasteiger partial charge in [0.1, 0.15) is 17.4 Å². The highest BCUT2D eigenvalue weighted by Gasteiger charge is 2.29. The lowest BCUT2D eigenvalue weighted by Gasteiger charge is -2.33. The minimum atomic E-state index is -0.115. The molecule has 1 amide bonds. The predicted octanol–water partition coefficient (Wildman–Crippen LogP) is 1.99. The summed E-state index contributed by atoms with van der Waals surface area (Å²) in [5.74, 6) is 1.94. The van der Waals surface area contributed by atoms with E-state index in [4.69, 9.17) is 9.15 Å². The van der Waals surface area contributed by atoms with Gasteiger partial charge >= 0.3 is 0 Å². The van der Waals surface area contributed by atoms with E-state index in [1.54, 1.807) is 19.4 Å². The average molecular weight is 330 g/mol. The van der Waals surface area contributed by atoms with Crippen molar-refractivity contribution in [3.63, 3.8) is 0 Å². The summed E-state index contributed by atoms with van der Waals surface area (Å²) in [4.78, 5) is 21.0. The van der Waals surface area contributed by atoms with E-state index in [9.17, 15) is 4.79 Å². The summed E-state index contributed by atoms with van der Waals surface area (Å²) < 4.78 is 10.9. The number of anilines is 1. The summed E-state index contributed by atoms with van der Waals surface area (Å²) in [5, 5.41) is 6.44. The van der Waals surface area contributed by atoms with E-state index < -0.39 is 0 Å². The van der Waals surface area contributed by atoms with Crippen LogP contribution in [0, 0.1) is 20.8 Å². The quantitative estimate of drug-likeness (QED) is 0.891. The maximum Gasteiger partial charge on any atom is 0.255 e. The second kappa shape index (κ2) is 7.00. The zero-order chi connectivity index (χ0) is 17.1. The van der Waals surface area contributed by atoms with Crippen molar-refractivity contribution in [3.8, 4) is 0 Å². The minimum Gasteiger partial charge on any atom is -0.469 e. The number of ether oxygens (including phenoxy) is 1. The lowest BCUT2D eigenvalue weighted by Crippen LogP contribution is -2.52. The number of furan rings is 1. The molecule has 3 rings (SSSR count). The molecule has 0 radical (unpaired) electrons. The van der Waals surface area contributed by atoms with Crippen LogP contribution < -0.4 is 10.6 Å². The van der Waals surface area contributed by atoms with Crippen molar-refractivity contribution in [1.29, 1.82) is 0 Å². The Kier molecular flexibility index (Phi) is 4.80. The fourth-order valence-electron chi connectivity index (χ4n) is 2.93. The Labute approximate surface area is 140 Å². The molecule has 0 aliphatic carbocycles. The highest BCUT2D eigenvalue weighted by molar-refractivity contribution is 5.96. The molecule has 7 heteroatoms. The summed E-state index contributed by atoms with van der Waals surface area (Å²) in [6.07, 6.45) is 4.05. The van der Waals surface area contributed by atoms with Gasteiger partial charge < -0.3 is 19.8 Å². The molecule has 0 bridgehead atoms. The molecule has 1 saturated heterocycles. The lowest BCUT2D eigenvalue weighted by atomic mass is 10.0. The van der Waals surface area contributed by atoms with Crippen molar-refractivity contribution in [3.05, 3.63) is 41.2 Å². The maximum absolute atomic E-state index is 12.6. The molecule has 1 aliphatic heterocycles. The Bertz CT molecular complexity index is 709. The highest BCUT2D eigenvalue weighted by Crippen LogP contribution is 2.18. The van der Waals surface area contributed by atoms with Gasteiger partial charge in [-0.1, -0.05) is 0 Å². The number of hydrogen-bond acceptors (Lipinski definition) is 6. The predicted molar refractivity (Wildman–Crippen MR) is 89.1 cm³/mol. The van der Waals surface area contributed by atoms with E-state index in [0.717, 1.165) is 17.8 Å². The van der Waals surface area contributed by atoms with E-state index in [1.165, 1.54) is 0 Å². The molecule has 0 spiro atoms. The Morgan fingerprint density at radius 2 is 2.12 bits per heavy atom. The lowest BCUT2D eigenvalue weighted by molar-refractivity contribution is 0.0619. The Hall–Kier alpha value is -2.41. The van der Waals surface area contributed by atoms with Crippen molar-refractivity contribution in [1.82, 2.24) is 15.3 Å². The fraction of sp³-hybridized carbons (Fsp3) is 0.471. The van der Waals surface area contributed by atoms with Gasteiger partial charge in [0, 0.05) is 18.4 Å². The van der Waals surface area contributed by atoms with Crippen LogP contribution in [-0.2, 0) is 4.74 Å². The van der Waals surface area contributed by atoms with Crippen LogP contribution in [0.15, 0.2) is 22.9 Å². The first-order chi connectivity index (χ1) is 11.5. The van der Waals surface area contributed by atoms with E-state index in [-0.39, 0.29) is 18.0 Å². The number of nitrogens with one attached hydrogen (secondary N) is 2. The molecule has 1 fully saturated rings. The molecule has 2 aromatic rings. The maximum atomic E-state index is 12.6. The smallest absolute Gasteiger partial charge is 0.255 e. The number of amides is 1. The molecule has 24 heavy (non-hydrogen) atoms. The van der Waals surface area contributed by atoms with Gasteiger partial charge in [-0.3, -0.25) is 4.79 Å². The monoisotopic (exact) mass is 330 g/mol. The average Bonchev–Trinajstić information content (AvgIpc) is 2.88. The van der Waals surface area contributed by atoms with Gasteiger partial charge in [-0.05, 0) is 33.3 Å². The molecule has 128 valence electrons. The number of aromatic nitrogens is 2. The highest BCUT2D eigenvalue weighted by atomic mass is 16.5. The third kappa shape index (κ3) is 3.56. The molecular formula is C17H22N4O3. The van der Waals surface area contributed by atoms with Crippen molar-refractivity contribution < 1.29 is 13.9 Å². The van der Waals surface area contributed by atoms with Gasteiger partial charge in [0.15, 0.2) is 0 Å². The molecule has 7 nitrogen and oxygen atoms in total. The molecule has 0 saturated carbocycles. The molecule has 2 N–H and O–H groups in total. The van der Waals surface area contributed by atoms with Gasteiger partial charge in [0.2, 0.25) is 0 Å². The van der Waals surface area contributed by atoms with Crippen molar-refractivity contribution in [2.75, 3.05) is 18.5 Å². The Balaban J connectivity index is 1.71. The Morgan fingerprint density at radius 1 is 1.29 bits per heavy atom. The van der Waals surface area contributed by atoms with Crippen molar-refractivity contribution in [2.45, 2.75) is 39.3 Å². The van der Waals surface area contributed by atoms with Crippen LogP contribution in [0.3, 0.4) is 0 Å². The third-order valence-corrected chi connectivity index (χ3v) is 4.17. The number of carbonyl (C=O) groups is 1. The number of aryl methyl sites for hydroxylation is 3. The van der Waals surface area contributed by atoms with Crippen molar-refractivity contribution >= 4 is 11.7 Å². The number of nitrogens with zero attached hydrogens (tertiary/aromatic N) is 2. The first kappa shape index (κ1) is 16.4. The van der Waals surface area contributed by atoms with Crippen LogP contribution in [0.25, 0.3) is 0 Å². The molecular weight excluding hydrogens is 308 g/mol. The second-order valence-electron chi connectivity index (χ2n) is 6.03. The SMILES string of the molecule is Cc1nccc(N[C@@H]2COCC[C@@H]2NC(=O)c2c(C)coc2C)n1. The number of carbonyl (C=O) groups excluding carboxylic acids is 1. The molecule has 2 aromatic heterocycles. The molecule has 1 aliphatic rings. The standard InChI is InChI=1S/C17H22N4O3/c1-10-8-24-11(2)16(10)17(22)21-13-5-7-23-9-14(13)20-15-4-6-18-12(3)19-15/h4,6,8,13-14H,5,7,9H2,1-3H3,(H,21,22)(H,18,19,20)/t13-,14+/m0/s1. The van der Waals surface area contributed by atoms with E-state index in [1.807, 2.05) is 19.9 Å². The minimum absolute atomic E-state index is 0.0461. The van der Waals surface area contributed by atoms with E-state index in [2.05, 4.69) is 20.6 Å². The van der Waals surface area contributed by atoms with Crippen molar-refractivity contribution in [2.24, 2.45) is 0 Å². The van der Waals surface area contributed by atoms with Crippen LogP contribution >= 0.6 is 0 Å². The summed E-state index contributed by atoms with van der Waals surface area (Å²) in [6.45, 7) is 6.64. The molecule has 0 unspecified atom stereocenters. The number of rotatable bonds is 4. The first-order valence-corrected chi connectivity index (χ1v) is 8.04. The van der Waals surface area contributed by atoms with Crippen LogP contribution in [0.2, 0.25) is 0 Å². The second-order valence-corrected chi connectivity index (χ2v) is 6.03. The topological polar surface area (TPSA) is 89.3 Å². The largest absolute Gasteiger partial charge is 0.469 e. The number of hydrogen-bond donors (Lipinski definition) is 2. The zero-order valence-corrected chi connectivity index (χ0v) is 14.1. The molecule has 2 atom stereocenters. The van der Waals surface area contributed by atoms with Gasteiger partial charge in [-0.15, -0.1) is 0 Å². The summed E-state index contributed by atoms with van der Waals surface area (Å²) in [6, 6.07) is 1.71. The molecule has 0 aromatic carbocycles. The van der Waals surface area contributed by atoms with Crippen LogP contribution in [0.4, 0.5) is 5.82 Å². The summed E-state index contributed by atoms with van der Waals surface area (Å²) in [7, 11) is 0. The van der Waals surface area contributed by atoms with Crippen LogP contribution in [0.5, 0.6) is 0 Å². The summed E-state index contributed by atoms with van der Waals surface area (Å²) in [5.41, 5.74) is 1.45. The van der Waals surface area contributed by atoms with Crippen LogP contribution in [-0.4, -0.2) is 41.2 Å². The summed E-state index contributed by atoms with van der Waals surface area (Å²) >= 11 is 0. The molecule has 3 heterocycles. The first-order valence-electron chi connectivity index (χ1n) is 8.04. The fourth-order valence-corrected chi connectivity index (χ4v) is 2.93. The Morgan fingerprint density at radius 3 is 2.83 bits per heavy atom. The third-order valence-electron chi connectivity index (χ3n) is 4.17. The van der Waals surface area contributed by atoms with Gasteiger partial charge in [0.25, 0.3) is 5.91 Å². The van der Waals surface area contributed by atoms with Gasteiger partial charge in [-0.2, -0.15) is 0 Å². The van der Waals surface area contributed by atoms with E-state index >= 15 is 0 Å². The van der Waals surface area contributed by atoms with Gasteiger partial charge in [-0.25, -0.2) is 9.97 Å². The van der Waals surface area contributed by atoms with Gasteiger partial charge in [0.05, 0.1) is 30.5 Å². The van der Waals surface area contributed by atoms with E-state index in [0.29, 0.717) is 30.4 Å². The normalized spacial score (nSPS) is 20.6. The zero-order valence-electron chi connectivity index (χ0n) is 14.1.